The number of aliphatic carboxylic acids is 1. The molecular formula is C4H9O6PS. The molecule has 0 aliphatic heterocycles. The van der Waals surface area contributed by atoms with Gasteiger partial charge < -0.3 is 19.8 Å². The minimum Gasteiger partial charge on any atom is -0.481 e. The van der Waals surface area contributed by atoms with Crippen LogP contribution in [-0.2, 0) is 21.4 Å². The summed E-state index contributed by atoms with van der Waals surface area (Å²) in [5, 5.41) is 7.86. The largest absolute Gasteiger partial charge is 0.481 e. The molecule has 72 valence electrons. The van der Waals surface area contributed by atoms with Crippen molar-refractivity contribution in [2.45, 2.75) is 13.3 Å². The highest BCUT2D eigenvalue weighted by Gasteiger charge is 1.98. The van der Waals surface area contributed by atoms with E-state index in [2.05, 4.69) is 11.8 Å². The fourth-order valence-electron chi connectivity index (χ4n) is 0.213. The lowest BCUT2D eigenvalue weighted by Crippen LogP contribution is -2.00. The quantitative estimate of drug-likeness (QED) is 0.354. The van der Waals surface area contributed by atoms with Crippen LogP contribution >= 0.6 is 6.72 Å². The van der Waals surface area contributed by atoms with Crippen LogP contribution < -0.4 is 0 Å². The van der Waals surface area contributed by atoms with Gasteiger partial charge in [0.05, 0.1) is 0 Å². The number of carboxylic acid groups (broad SMARTS) is 1. The Balaban J connectivity index is 0. The van der Waals surface area contributed by atoms with E-state index in [1.807, 2.05) is 0 Å². The summed E-state index contributed by atoms with van der Waals surface area (Å²) in [4.78, 5) is 42.1. The predicted octanol–water partition coefficient (Wildman–Crippen LogP) is -0.762. The van der Waals surface area contributed by atoms with Gasteiger partial charge in [0.2, 0.25) is 0 Å². The summed E-state index contributed by atoms with van der Waals surface area (Å²) in [5.74, 6) is -1.37. The van der Waals surface area contributed by atoms with E-state index >= 15 is 0 Å². The van der Waals surface area contributed by atoms with E-state index < -0.39 is 12.7 Å². The van der Waals surface area contributed by atoms with Gasteiger partial charge in [0, 0.05) is 0 Å². The third-order valence-electron chi connectivity index (χ3n) is 0.400. The number of rotatable bonds is 2. The molecule has 4 N–H and O–H groups in total. The summed E-state index contributed by atoms with van der Waals surface area (Å²) in [6.45, 7) is -2.56. The first kappa shape index (κ1) is 14.2. The molecule has 0 bridgehead atoms. The molecule has 0 spiro atoms. The molecule has 12 heavy (non-hydrogen) atoms. The monoisotopic (exact) mass is 216 g/mol. The Morgan fingerprint density at radius 2 is 1.58 bits per heavy atom. The molecule has 0 saturated carbocycles. The van der Waals surface area contributed by atoms with E-state index in [1.165, 1.54) is 6.92 Å². The Kier molecular flexibility index (Phi) is 7.36. The average molecular weight is 216 g/mol. The molecule has 6 nitrogen and oxygen atoms in total. The molecule has 0 atom stereocenters. The van der Waals surface area contributed by atoms with Crippen LogP contribution in [0.15, 0.2) is 0 Å². The zero-order valence-corrected chi connectivity index (χ0v) is 7.88. The normalized spacial score (nSPS) is 9.67. The third-order valence-corrected chi connectivity index (χ3v) is 0.400. The Morgan fingerprint density at radius 3 is 1.58 bits per heavy atom. The van der Waals surface area contributed by atoms with Crippen LogP contribution in [0, 0.1) is 0 Å². The molecule has 0 amide bonds. The number of carboxylic acids is 1. The maximum absolute atomic E-state index is 9.87. The second-order valence-corrected chi connectivity index (χ2v) is 4.28. The van der Waals surface area contributed by atoms with E-state index in [0.717, 1.165) is 0 Å². The van der Waals surface area contributed by atoms with Crippen molar-refractivity contribution in [1.82, 2.24) is 0 Å². The summed E-state index contributed by atoms with van der Waals surface area (Å²) in [6, 6.07) is 0. The summed E-state index contributed by atoms with van der Waals surface area (Å²) in [7, 11) is 0. The molecule has 8 heteroatoms. The van der Waals surface area contributed by atoms with E-state index in [4.69, 9.17) is 19.8 Å². The van der Waals surface area contributed by atoms with Gasteiger partial charge in [-0.1, -0.05) is 0 Å². The Morgan fingerprint density at radius 1 is 1.33 bits per heavy atom. The molecule has 0 heterocycles. The molecule has 0 aromatic heterocycles. The maximum Gasteiger partial charge on any atom is 0.319 e. The van der Waals surface area contributed by atoms with Gasteiger partial charge in [-0.2, -0.15) is 0 Å². The van der Waals surface area contributed by atoms with Gasteiger partial charge in [-0.3, -0.25) is 9.59 Å². The van der Waals surface area contributed by atoms with Gasteiger partial charge in [-0.25, -0.2) is 0 Å². The second-order valence-electron chi connectivity index (χ2n) is 1.79. The van der Waals surface area contributed by atoms with Crippen molar-refractivity contribution in [1.29, 1.82) is 0 Å². The number of Topliss-reactive ketones (excluding diaryl/α,β-unsaturated/α-hetero) is 1. The van der Waals surface area contributed by atoms with E-state index in [1.54, 1.807) is 0 Å². The van der Waals surface area contributed by atoms with Gasteiger partial charge in [0.1, 0.15) is 12.2 Å². The summed E-state index contributed by atoms with van der Waals surface area (Å²) in [5.41, 5.74) is 0. The van der Waals surface area contributed by atoms with Crippen LogP contribution in [0.1, 0.15) is 13.3 Å². The first-order chi connectivity index (χ1) is 5.13. The van der Waals surface area contributed by atoms with Crippen LogP contribution in [0.2, 0.25) is 0 Å². The highest BCUT2D eigenvalue weighted by molar-refractivity contribution is 8.06. The topological polar surface area (TPSA) is 115 Å². The SMILES string of the molecule is CC(=O)CC(=O)O.OP(O)(O)=S. The van der Waals surface area contributed by atoms with E-state index in [0.29, 0.717) is 0 Å². The lowest BCUT2D eigenvalue weighted by molar-refractivity contribution is -0.139. The van der Waals surface area contributed by atoms with Crippen molar-refractivity contribution in [3.05, 3.63) is 0 Å². The maximum atomic E-state index is 9.87. The van der Waals surface area contributed by atoms with Gasteiger partial charge in [0.15, 0.2) is 0 Å². The molecule has 0 radical (unpaired) electrons. The van der Waals surface area contributed by atoms with E-state index in [9.17, 15) is 9.59 Å². The fourth-order valence-corrected chi connectivity index (χ4v) is 0.213. The number of ketones is 1. The zero-order valence-electron chi connectivity index (χ0n) is 6.17. The Hall–Kier alpha value is -0.330. The molecule has 0 rings (SSSR count). The highest BCUT2D eigenvalue weighted by atomic mass is 32.5. The molecule has 0 aliphatic carbocycles. The summed E-state index contributed by atoms with van der Waals surface area (Å²) < 4.78 is 0. The van der Waals surface area contributed by atoms with Crippen LogP contribution in [0.3, 0.4) is 0 Å². The summed E-state index contributed by atoms with van der Waals surface area (Å²) in [6.07, 6.45) is -0.361. The molecule has 0 aromatic rings. The van der Waals surface area contributed by atoms with Crippen molar-refractivity contribution in [3.8, 4) is 0 Å². The number of hydrogen-bond donors (Lipinski definition) is 4. The predicted molar refractivity (Wildman–Crippen MR) is 43.9 cm³/mol. The first-order valence-electron chi connectivity index (χ1n) is 2.62. The molecule has 0 aliphatic rings. The summed E-state index contributed by atoms with van der Waals surface area (Å²) >= 11 is 3.60. The fraction of sp³-hybridized carbons (Fsp3) is 0.500. The average Bonchev–Trinajstić information content (AvgIpc) is 1.52. The minimum atomic E-state index is -3.81. The van der Waals surface area contributed by atoms with Gasteiger partial charge in [0.25, 0.3) is 0 Å². The Bertz CT molecular complexity index is 187. The standard InChI is InChI=1S/C4H6O3.H3O3PS/c1-3(5)2-4(6)7;1-4(2,3)5/h2H2,1H3,(H,6,7);(H3,1,2,3,5). The van der Waals surface area contributed by atoms with Gasteiger partial charge in [-0.05, 0) is 18.7 Å². The molecular weight excluding hydrogens is 207 g/mol. The van der Waals surface area contributed by atoms with E-state index in [-0.39, 0.29) is 12.2 Å². The molecule has 0 unspecified atom stereocenters. The van der Waals surface area contributed by atoms with Crippen LogP contribution in [0.4, 0.5) is 0 Å². The molecule has 0 saturated heterocycles. The minimum absolute atomic E-state index is 0.312. The van der Waals surface area contributed by atoms with Crippen LogP contribution in [0.25, 0.3) is 0 Å². The second kappa shape index (κ2) is 6.22. The molecule has 0 fully saturated rings. The lowest BCUT2D eigenvalue weighted by atomic mass is 10.3. The number of carbonyl (C=O) groups is 2. The van der Waals surface area contributed by atoms with Crippen molar-refractivity contribution >= 4 is 30.3 Å². The Labute approximate surface area is 73.7 Å². The number of carbonyl (C=O) groups excluding carboxylic acids is 1. The van der Waals surface area contributed by atoms with Gasteiger partial charge in [-0.15, -0.1) is 0 Å². The van der Waals surface area contributed by atoms with Crippen molar-refractivity contribution in [2.75, 3.05) is 0 Å². The van der Waals surface area contributed by atoms with Crippen LogP contribution in [-0.4, -0.2) is 31.5 Å². The smallest absolute Gasteiger partial charge is 0.319 e. The van der Waals surface area contributed by atoms with Crippen molar-refractivity contribution in [3.63, 3.8) is 0 Å². The van der Waals surface area contributed by atoms with Gasteiger partial charge >= 0.3 is 12.7 Å². The molecule has 0 aromatic carbocycles. The van der Waals surface area contributed by atoms with Crippen molar-refractivity contribution in [2.24, 2.45) is 0 Å². The highest BCUT2D eigenvalue weighted by Crippen LogP contribution is 2.26. The third kappa shape index (κ3) is 54.0. The van der Waals surface area contributed by atoms with Crippen molar-refractivity contribution < 1.29 is 29.4 Å². The lowest BCUT2D eigenvalue weighted by Gasteiger charge is -1.88. The van der Waals surface area contributed by atoms with Crippen LogP contribution in [0.5, 0.6) is 0 Å². The first-order valence-corrected chi connectivity index (χ1v) is 5.28. The number of hydrogen-bond acceptors (Lipinski definition) is 3. The zero-order chi connectivity index (χ0) is 10.4.